The Morgan fingerprint density at radius 2 is 2.17 bits per heavy atom. The molecule has 4 nitrogen and oxygen atoms in total. The second kappa shape index (κ2) is 4.34. The molecule has 24 heavy (non-hydrogen) atoms. The Balaban J connectivity index is 1.69. The van der Waals surface area contributed by atoms with E-state index in [2.05, 4.69) is 20.4 Å². The van der Waals surface area contributed by atoms with E-state index >= 15 is 0 Å². The molecule has 5 rings (SSSR count). The highest BCUT2D eigenvalue weighted by atomic mass is 16.7. The minimum atomic E-state index is -0.777. The summed E-state index contributed by atoms with van der Waals surface area (Å²) in [5.41, 5.74) is 1.95. The van der Waals surface area contributed by atoms with Crippen molar-refractivity contribution in [2.24, 2.45) is 16.7 Å². The zero-order chi connectivity index (χ0) is 16.8. The van der Waals surface area contributed by atoms with Gasteiger partial charge in [-0.15, -0.1) is 0 Å². The van der Waals surface area contributed by atoms with Gasteiger partial charge in [0.2, 0.25) is 0 Å². The molecule has 130 valence electrons. The van der Waals surface area contributed by atoms with E-state index in [1.54, 1.807) is 6.08 Å². The summed E-state index contributed by atoms with van der Waals surface area (Å²) in [5.74, 6) is -0.485. The van der Waals surface area contributed by atoms with E-state index in [1.807, 2.05) is 0 Å². The topological polar surface area (TPSA) is 44.8 Å². The molecule has 4 heteroatoms. The van der Waals surface area contributed by atoms with Crippen LogP contribution in [0.5, 0.6) is 0 Å². The quantitative estimate of drug-likeness (QED) is 0.545. The summed E-state index contributed by atoms with van der Waals surface area (Å²) in [6.45, 7) is 10.2. The Labute approximate surface area is 143 Å². The summed E-state index contributed by atoms with van der Waals surface area (Å²) in [5, 5.41) is 0. The van der Waals surface area contributed by atoms with E-state index in [-0.39, 0.29) is 22.4 Å². The van der Waals surface area contributed by atoms with Gasteiger partial charge >= 0.3 is 5.97 Å². The molecule has 0 aromatic carbocycles. The third kappa shape index (κ3) is 1.43. The second-order valence-corrected chi connectivity index (χ2v) is 8.82. The Bertz CT molecular complexity index is 681. The van der Waals surface area contributed by atoms with Crippen LogP contribution >= 0.6 is 0 Å². The molecule has 0 N–H and O–H groups in total. The Morgan fingerprint density at radius 1 is 1.33 bits per heavy atom. The summed E-state index contributed by atoms with van der Waals surface area (Å²) in [4.78, 5) is 11.6. The first kappa shape index (κ1) is 15.2. The van der Waals surface area contributed by atoms with Gasteiger partial charge in [-0.1, -0.05) is 26.0 Å². The average Bonchev–Trinajstić information content (AvgIpc) is 3.08. The molecule has 3 aliphatic heterocycles. The van der Waals surface area contributed by atoms with E-state index in [4.69, 9.17) is 14.2 Å². The number of cyclic esters (lactones) is 1. The van der Waals surface area contributed by atoms with Crippen molar-refractivity contribution in [3.8, 4) is 0 Å². The number of esters is 1. The van der Waals surface area contributed by atoms with Crippen LogP contribution in [0.25, 0.3) is 0 Å². The highest BCUT2D eigenvalue weighted by molar-refractivity contribution is 5.85. The molecule has 2 aliphatic carbocycles. The fourth-order valence-corrected chi connectivity index (χ4v) is 6.57. The van der Waals surface area contributed by atoms with Crippen LogP contribution in [-0.4, -0.2) is 30.6 Å². The smallest absolute Gasteiger partial charge is 0.331 e. The highest BCUT2D eigenvalue weighted by Crippen LogP contribution is 2.75. The van der Waals surface area contributed by atoms with Crippen LogP contribution in [0.4, 0.5) is 0 Å². The Morgan fingerprint density at radius 3 is 2.92 bits per heavy atom. The summed E-state index contributed by atoms with van der Waals surface area (Å²) in [6, 6.07) is 0. The van der Waals surface area contributed by atoms with Crippen LogP contribution in [0.15, 0.2) is 23.8 Å². The summed E-state index contributed by atoms with van der Waals surface area (Å²) in [7, 11) is 0. The molecule has 0 radical (unpaired) electrons. The van der Waals surface area contributed by atoms with Crippen LogP contribution in [0.2, 0.25) is 0 Å². The molecular weight excluding hydrogens is 304 g/mol. The largest absolute Gasteiger partial charge is 0.458 e. The van der Waals surface area contributed by atoms with Gasteiger partial charge in [-0.2, -0.15) is 0 Å². The number of hydrogen-bond acceptors (Lipinski definition) is 4. The van der Waals surface area contributed by atoms with Crippen molar-refractivity contribution in [2.75, 3.05) is 13.2 Å². The maximum atomic E-state index is 11.6. The number of carbonyl (C=O) groups is 1. The van der Waals surface area contributed by atoms with Gasteiger partial charge in [-0.25, -0.2) is 4.79 Å². The molecule has 3 heterocycles. The first-order chi connectivity index (χ1) is 11.4. The molecule has 4 fully saturated rings. The minimum Gasteiger partial charge on any atom is -0.458 e. The van der Waals surface area contributed by atoms with E-state index < -0.39 is 5.79 Å². The van der Waals surface area contributed by atoms with Gasteiger partial charge in [0.25, 0.3) is 0 Å². The molecule has 0 aromatic heterocycles. The summed E-state index contributed by atoms with van der Waals surface area (Å²) >= 11 is 0. The maximum Gasteiger partial charge on any atom is 0.331 e. The molecule has 2 bridgehead atoms. The molecule has 0 aromatic rings. The maximum absolute atomic E-state index is 11.6. The summed E-state index contributed by atoms with van der Waals surface area (Å²) in [6.07, 6.45) is 7.98. The van der Waals surface area contributed by atoms with Gasteiger partial charge in [0.15, 0.2) is 5.79 Å². The molecular formula is C20H26O4. The normalized spacial score (nSPS) is 52.8. The summed E-state index contributed by atoms with van der Waals surface area (Å²) < 4.78 is 18.6. The molecule has 5 aliphatic rings. The predicted molar refractivity (Wildman–Crippen MR) is 88.1 cm³/mol. The Hall–Kier alpha value is -1.13. The number of carbonyl (C=O) groups excluding carboxylic acids is 1. The minimum absolute atomic E-state index is 0.0393. The lowest BCUT2D eigenvalue weighted by Gasteiger charge is -2.64. The molecule has 1 unspecified atom stereocenters. The van der Waals surface area contributed by atoms with Gasteiger partial charge in [0, 0.05) is 28.9 Å². The van der Waals surface area contributed by atoms with Crippen LogP contribution in [-0.2, 0) is 19.0 Å². The number of fused-ring (bicyclic) bond motifs is 1. The lowest BCUT2D eigenvalue weighted by atomic mass is 9.44. The monoisotopic (exact) mass is 330 g/mol. The van der Waals surface area contributed by atoms with Gasteiger partial charge in [0.1, 0.15) is 6.61 Å². The van der Waals surface area contributed by atoms with Crippen LogP contribution in [0.1, 0.15) is 52.4 Å². The van der Waals surface area contributed by atoms with Crippen molar-refractivity contribution >= 4 is 5.97 Å². The lowest BCUT2D eigenvalue weighted by molar-refractivity contribution is -0.339. The van der Waals surface area contributed by atoms with Gasteiger partial charge in [-0.05, 0) is 38.0 Å². The van der Waals surface area contributed by atoms with Crippen molar-refractivity contribution in [3.63, 3.8) is 0 Å². The van der Waals surface area contributed by atoms with E-state index in [0.29, 0.717) is 19.1 Å². The Kier molecular flexibility index (Phi) is 2.74. The number of ether oxygens (including phenoxy) is 3. The predicted octanol–water partition coefficient (Wildman–Crippen LogP) is 3.52. The molecule has 5 atom stereocenters. The second-order valence-electron chi connectivity index (χ2n) is 8.82. The zero-order valence-corrected chi connectivity index (χ0v) is 14.7. The van der Waals surface area contributed by atoms with Crippen molar-refractivity contribution < 1.29 is 19.0 Å². The van der Waals surface area contributed by atoms with E-state index in [0.717, 1.165) is 37.7 Å². The average molecular weight is 330 g/mol. The number of hydrogen-bond donors (Lipinski definition) is 0. The third-order valence-corrected chi connectivity index (χ3v) is 8.11. The molecule has 2 saturated carbocycles. The van der Waals surface area contributed by atoms with Crippen molar-refractivity contribution in [3.05, 3.63) is 23.8 Å². The standard InChI is InChI=1S/C20H26O4/c1-13-6-8-18-12-23-19(15-9-16(21)22-10-15)11-17(13,3)20(18,24-19)7-4-5-14(18)2/h9,13H,2,4-8,10-12H2,1,3H3/t13-,17+,18-,19?,20+/m0/s1. The fraction of sp³-hybridized carbons (Fsp3) is 0.750. The molecule has 0 amide bonds. The lowest BCUT2D eigenvalue weighted by Crippen LogP contribution is -2.67. The first-order valence-electron chi connectivity index (χ1n) is 9.28. The van der Waals surface area contributed by atoms with Gasteiger partial charge in [-0.3, -0.25) is 0 Å². The van der Waals surface area contributed by atoms with Crippen LogP contribution in [0.3, 0.4) is 0 Å². The number of rotatable bonds is 1. The van der Waals surface area contributed by atoms with Crippen molar-refractivity contribution in [1.82, 2.24) is 0 Å². The van der Waals surface area contributed by atoms with Crippen LogP contribution < -0.4 is 0 Å². The molecule has 1 spiro atoms. The SMILES string of the molecule is C=C1CCC[C@@]23OC4(C5=CC(=O)OC5)C[C@]2(C)[C@@H](C)CC[C@]13CO4. The van der Waals surface area contributed by atoms with Crippen molar-refractivity contribution in [1.29, 1.82) is 0 Å². The van der Waals surface area contributed by atoms with E-state index in [9.17, 15) is 4.79 Å². The van der Waals surface area contributed by atoms with Crippen LogP contribution in [0, 0.1) is 16.7 Å². The first-order valence-corrected chi connectivity index (χ1v) is 9.28. The molecule has 2 saturated heterocycles. The highest BCUT2D eigenvalue weighted by Gasteiger charge is 2.78. The van der Waals surface area contributed by atoms with Crippen molar-refractivity contribution in [2.45, 2.75) is 63.8 Å². The fourth-order valence-electron chi connectivity index (χ4n) is 6.57. The van der Waals surface area contributed by atoms with Gasteiger partial charge in [0.05, 0.1) is 12.2 Å². The zero-order valence-electron chi connectivity index (χ0n) is 14.7. The van der Waals surface area contributed by atoms with Gasteiger partial charge < -0.3 is 14.2 Å². The third-order valence-electron chi connectivity index (χ3n) is 8.11. The van der Waals surface area contributed by atoms with E-state index in [1.165, 1.54) is 12.0 Å².